The van der Waals surface area contributed by atoms with Gasteiger partial charge in [0.05, 0.1) is 10.6 Å². The molecule has 1 N–H and O–H groups in total. The first kappa shape index (κ1) is 34.0. The lowest BCUT2D eigenvalue weighted by atomic mass is 10.0. The molecule has 0 heterocycles. The Hall–Kier alpha value is -3.85. The third-order valence-electron chi connectivity index (χ3n) is 7.48. The van der Waals surface area contributed by atoms with Crippen LogP contribution in [0.4, 0.5) is 5.69 Å². The van der Waals surface area contributed by atoms with Gasteiger partial charge in [-0.05, 0) is 73.9 Å². The number of anilines is 1. The highest BCUT2D eigenvalue weighted by molar-refractivity contribution is 7.92. The molecule has 0 aliphatic carbocycles. The van der Waals surface area contributed by atoms with E-state index in [-0.39, 0.29) is 35.5 Å². The molecule has 2 atom stereocenters. The molecule has 7 nitrogen and oxygen atoms in total. The smallest absolute Gasteiger partial charge is 0.264 e. The van der Waals surface area contributed by atoms with Crippen molar-refractivity contribution in [3.63, 3.8) is 0 Å². The van der Waals surface area contributed by atoms with Crippen molar-refractivity contribution >= 4 is 50.7 Å². The molecular weight excluding hydrogens is 629 g/mol. The van der Waals surface area contributed by atoms with Gasteiger partial charge in [-0.25, -0.2) is 8.42 Å². The number of amides is 2. The number of carbonyl (C=O) groups is 2. The number of hydrogen-bond donors (Lipinski definition) is 1. The molecule has 0 saturated heterocycles. The number of rotatable bonds is 13. The van der Waals surface area contributed by atoms with Crippen molar-refractivity contribution in [3.05, 3.63) is 130 Å². The molecule has 4 aromatic carbocycles. The van der Waals surface area contributed by atoms with E-state index in [2.05, 4.69) is 5.32 Å². The summed E-state index contributed by atoms with van der Waals surface area (Å²) in [7, 11) is -4.26. The van der Waals surface area contributed by atoms with Crippen LogP contribution in [0.25, 0.3) is 0 Å². The number of aryl methyl sites for hydroxylation is 1. The zero-order valence-corrected chi connectivity index (χ0v) is 27.8. The second-order valence-electron chi connectivity index (χ2n) is 11.0. The molecule has 0 spiro atoms. The Morgan fingerprint density at radius 2 is 1.49 bits per heavy atom. The fourth-order valence-corrected chi connectivity index (χ4v) is 6.61. The van der Waals surface area contributed by atoms with Crippen LogP contribution in [-0.4, -0.2) is 43.8 Å². The largest absolute Gasteiger partial charge is 0.352 e. The molecule has 4 aromatic rings. The number of halogens is 2. The average molecular weight is 667 g/mol. The Bertz CT molecular complexity index is 1720. The van der Waals surface area contributed by atoms with Crippen LogP contribution in [-0.2, 0) is 32.6 Å². The minimum absolute atomic E-state index is 0.0414. The minimum Gasteiger partial charge on any atom is -0.352 e. The Morgan fingerprint density at radius 3 is 2.13 bits per heavy atom. The van der Waals surface area contributed by atoms with Crippen molar-refractivity contribution in [2.24, 2.45) is 0 Å². The van der Waals surface area contributed by atoms with Gasteiger partial charge in [0.25, 0.3) is 10.0 Å². The van der Waals surface area contributed by atoms with Gasteiger partial charge < -0.3 is 10.2 Å². The van der Waals surface area contributed by atoms with E-state index in [1.165, 1.54) is 35.2 Å². The standard InChI is InChI=1S/C35H37Cl2N3O4S/c1-4-26(3)38-35(42)33(21-27-11-6-5-7-12-27)39(23-28-13-8-10-25(2)20-28)34(41)24-40(31-15-9-14-30(37)22-31)45(43,44)32-18-16-29(36)17-19-32/h5-20,22,26,33H,4,21,23-24H2,1-3H3,(H,38,42)/t26-,33-/m0/s1. The van der Waals surface area contributed by atoms with Gasteiger partial charge in [-0.15, -0.1) is 0 Å². The second-order valence-corrected chi connectivity index (χ2v) is 13.7. The van der Waals surface area contributed by atoms with Crippen LogP contribution < -0.4 is 9.62 Å². The van der Waals surface area contributed by atoms with Crippen LogP contribution in [0.2, 0.25) is 10.0 Å². The van der Waals surface area contributed by atoms with Gasteiger partial charge in [-0.1, -0.05) is 96.4 Å². The van der Waals surface area contributed by atoms with Crippen LogP contribution in [0.5, 0.6) is 0 Å². The molecule has 45 heavy (non-hydrogen) atoms. The van der Waals surface area contributed by atoms with Gasteiger partial charge in [-0.2, -0.15) is 0 Å². The number of sulfonamides is 1. The summed E-state index contributed by atoms with van der Waals surface area (Å²) in [5, 5.41) is 3.72. The highest BCUT2D eigenvalue weighted by atomic mass is 35.5. The predicted molar refractivity (Wildman–Crippen MR) is 181 cm³/mol. The van der Waals surface area contributed by atoms with Gasteiger partial charge in [0.1, 0.15) is 12.6 Å². The van der Waals surface area contributed by atoms with Crippen LogP contribution >= 0.6 is 23.2 Å². The highest BCUT2D eigenvalue weighted by Crippen LogP contribution is 2.28. The predicted octanol–water partition coefficient (Wildman–Crippen LogP) is 7.05. The van der Waals surface area contributed by atoms with Gasteiger partial charge in [0.15, 0.2) is 0 Å². The maximum atomic E-state index is 14.5. The number of nitrogens with zero attached hydrogens (tertiary/aromatic N) is 2. The topological polar surface area (TPSA) is 86.8 Å². The van der Waals surface area contributed by atoms with Crippen molar-refractivity contribution in [1.29, 1.82) is 0 Å². The number of hydrogen-bond acceptors (Lipinski definition) is 4. The summed E-state index contributed by atoms with van der Waals surface area (Å²) >= 11 is 12.3. The van der Waals surface area contributed by atoms with Crippen molar-refractivity contribution in [2.45, 2.75) is 57.1 Å². The fraction of sp³-hybridized carbons (Fsp3) is 0.257. The molecule has 0 unspecified atom stereocenters. The van der Waals surface area contributed by atoms with E-state index in [0.717, 1.165) is 21.0 Å². The van der Waals surface area contributed by atoms with E-state index >= 15 is 0 Å². The summed E-state index contributed by atoms with van der Waals surface area (Å²) in [5.74, 6) is -0.863. The van der Waals surface area contributed by atoms with E-state index in [1.54, 1.807) is 18.2 Å². The van der Waals surface area contributed by atoms with Crippen LogP contribution in [0.3, 0.4) is 0 Å². The first-order valence-corrected chi connectivity index (χ1v) is 16.9. The van der Waals surface area contributed by atoms with Crippen LogP contribution in [0.15, 0.2) is 108 Å². The quantitative estimate of drug-likeness (QED) is 0.166. The third kappa shape index (κ3) is 9.10. The van der Waals surface area contributed by atoms with Crippen LogP contribution in [0, 0.1) is 6.92 Å². The van der Waals surface area contributed by atoms with E-state index in [4.69, 9.17) is 23.2 Å². The summed E-state index contributed by atoms with van der Waals surface area (Å²) in [6.07, 6.45) is 0.944. The summed E-state index contributed by atoms with van der Waals surface area (Å²) in [6, 6.07) is 28.1. The minimum atomic E-state index is -4.26. The van der Waals surface area contributed by atoms with Gasteiger partial charge in [0, 0.05) is 29.1 Å². The first-order valence-electron chi connectivity index (χ1n) is 14.7. The number of carbonyl (C=O) groups excluding carboxylic acids is 2. The monoisotopic (exact) mass is 665 g/mol. The molecular formula is C35H37Cl2N3O4S. The normalized spacial score (nSPS) is 12.6. The van der Waals surface area contributed by atoms with E-state index < -0.39 is 28.5 Å². The molecule has 0 aliphatic heterocycles. The summed E-state index contributed by atoms with van der Waals surface area (Å²) < 4.78 is 29.2. The Morgan fingerprint density at radius 1 is 0.822 bits per heavy atom. The molecule has 4 rings (SSSR count). The summed E-state index contributed by atoms with van der Waals surface area (Å²) in [4.78, 5) is 29.9. The maximum absolute atomic E-state index is 14.5. The highest BCUT2D eigenvalue weighted by Gasteiger charge is 2.35. The zero-order valence-electron chi connectivity index (χ0n) is 25.5. The fourth-order valence-electron chi connectivity index (χ4n) is 4.90. The molecule has 0 bridgehead atoms. The molecule has 236 valence electrons. The van der Waals surface area contributed by atoms with E-state index in [1.807, 2.05) is 75.4 Å². The number of benzene rings is 4. The average Bonchev–Trinajstić information content (AvgIpc) is 3.02. The van der Waals surface area contributed by atoms with Crippen molar-refractivity contribution in [1.82, 2.24) is 10.2 Å². The SMILES string of the molecule is CC[C@H](C)NC(=O)[C@H](Cc1ccccc1)N(Cc1cccc(C)c1)C(=O)CN(c1cccc(Cl)c1)S(=O)(=O)c1ccc(Cl)cc1. The molecule has 2 amide bonds. The molecule has 10 heteroatoms. The van der Waals surface area contributed by atoms with Crippen LogP contribution in [0.1, 0.15) is 37.0 Å². The Balaban J connectivity index is 1.81. The van der Waals surface area contributed by atoms with Gasteiger partial charge in [0.2, 0.25) is 11.8 Å². The molecule has 0 aromatic heterocycles. The Kier molecular flexibility index (Phi) is 11.7. The number of nitrogens with one attached hydrogen (secondary N) is 1. The van der Waals surface area contributed by atoms with E-state index in [9.17, 15) is 18.0 Å². The van der Waals surface area contributed by atoms with Crippen molar-refractivity contribution in [3.8, 4) is 0 Å². The lowest BCUT2D eigenvalue weighted by Crippen LogP contribution is -2.54. The molecule has 0 aliphatic rings. The maximum Gasteiger partial charge on any atom is 0.264 e. The summed E-state index contributed by atoms with van der Waals surface area (Å²) in [6.45, 7) is 5.35. The van der Waals surface area contributed by atoms with E-state index in [0.29, 0.717) is 16.5 Å². The Labute approximate surface area is 275 Å². The third-order valence-corrected chi connectivity index (χ3v) is 9.76. The van der Waals surface area contributed by atoms with Gasteiger partial charge in [-0.3, -0.25) is 13.9 Å². The molecule has 0 radical (unpaired) electrons. The summed E-state index contributed by atoms with van der Waals surface area (Å²) in [5.41, 5.74) is 2.89. The lowest BCUT2D eigenvalue weighted by Gasteiger charge is -2.34. The molecule has 0 saturated carbocycles. The lowest BCUT2D eigenvalue weighted by molar-refractivity contribution is -0.140. The van der Waals surface area contributed by atoms with Gasteiger partial charge >= 0.3 is 0 Å². The van der Waals surface area contributed by atoms with Crippen molar-refractivity contribution < 1.29 is 18.0 Å². The van der Waals surface area contributed by atoms with Crippen molar-refractivity contribution in [2.75, 3.05) is 10.8 Å². The first-order chi connectivity index (χ1) is 21.5. The zero-order chi connectivity index (χ0) is 32.6. The molecule has 0 fully saturated rings. The second kappa shape index (κ2) is 15.4.